The first kappa shape index (κ1) is 15.7. The second-order valence-corrected chi connectivity index (χ2v) is 6.48. The molecule has 1 aromatic carbocycles. The maximum atomic E-state index is 12.0. The SMILES string of the molecule is CC(NC(=O)Cc1cccs1)c1noc(-c2ccc(Cl)cc2)n1. The molecule has 0 fully saturated rings. The highest BCUT2D eigenvalue weighted by Gasteiger charge is 2.17. The number of hydrogen-bond donors (Lipinski definition) is 1. The van der Waals surface area contributed by atoms with Gasteiger partial charge in [-0.15, -0.1) is 11.3 Å². The van der Waals surface area contributed by atoms with Gasteiger partial charge in [0.15, 0.2) is 5.82 Å². The van der Waals surface area contributed by atoms with Crippen molar-refractivity contribution in [3.05, 3.63) is 57.5 Å². The molecule has 0 aliphatic rings. The average molecular weight is 348 g/mol. The van der Waals surface area contributed by atoms with Crippen molar-refractivity contribution in [3.8, 4) is 11.5 Å². The lowest BCUT2D eigenvalue weighted by Gasteiger charge is -2.09. The molecular formula is C16H14ClN3O2S. The summed E-state index contributed by atoms with van der Waals surface area (Å²) >= 11 is 7.41. The van der Waals surface area contributed by atoms with E-state index in [2.05, 4.69) is 15.5 Å². The second kappa shape index (κ2) is 6.93. The number of amides is 1. The minimum Gasteiger partial charge on any atom is -0.346 e. The minimum absolute atomic E-state index is 0.0715. The first-order valence-corrected chi connectivity index (χ1v) is 8.29. The van der Waals surface area contributed by atoms with E-state index in [4.69, 9.17) is 16.1 Å². The van der Waals surface area contributed by atoms with Crippen LogP contribution in [0.15, 0.2) is 46.3 Å². The standard InChI is InChI=1S/C16H14ClN3O2S/c1-10(18-14(21)9-13-3-2-8-23-13)15-19-16(22-20-15)11-4-6-12(17)7-5-11/h2-8,10H,9H2,1H3,(H,18,21). The van der Waals surface area contributed by atoms with Crippen molar-refractivity contribution in [1.82, 2.24) is 15.5 Å². The zero-order valence-corrected chi connectivity index (χ0v) is 13.9. The van der Waals surface area contributed by atoms with E-state index >= 15 is 0 Å². The van der Waals surface area contributed by atoms with Crippen LogP contribution in [0.1, 0.15) is 23.7 Å². The first-order valence-electron chi connectivity index (χ1n) is 7.03. The molecule has 0 aliphatic carbocycles. The van der Waals surface area contributed by atoms with Gasteiger partial charge in [-0.3, -0.25) is 4.79 Å². The van der Waals surface area contributed by atoms with Gasteiger partial charge in [0.05, 0.1) is 12.5 Å². The Bertz CT molecular complexity index is 784. The average Bonchev–Trinajstić information content (AvgIpc) is 3.19. The summed E-state index contributed by atoms with van der Waals surface area (Å²) in [7, 11) is 0. The van der Waals surface area contributed by atoms with E-state index in [1.54, 1.807) is 35.6 Å². The monoisotopic (exact) mass is 347 g/mol. The number of nitrogens with one attached hydrogen (secondary N) is 1. The van der Waals surface area contributed by atoms with Gasteiger partial charge >= 0.3 is 0 Å². The molecule has 5 nitrogen and oxygen atoms in total. The van der Waals surface area contributed by atoms with Gasteiger partial charge < -0.3 is 9.84 Å². The van der Waals surface area contributed by atoms with Gasteiger partial charge in [-0.25, -0.2) is 0 Å². The molecule has 0 saturated heterocycles. The summed E-state index contributed by atoms with van der Waals surface area (Å²) in [5.74, 6) is 0.767. The Hall–Kier alpha value is -2.18. The molecule has 0 saturated carbocycles. The van der Waals surface area contributed by atoms with Crippen LogP contribution in [0.5, 0.6) is 0 Å². The molecule has 7 heteroatoms. The number of rotatable bonds is 5. The van der Waals surface area contributed by atoms with Crippen LogP contribution >= 0.6 is 22.9 Å². The molecule has 2 aromatic heterocycles. The van der Waals surface area contributed by atoms with Crippen molar-refractivity contribution in [2.24, 2.45) is 0 Å². The highest BCUT2D eigenvalue weighted by atomic mass is 35.5. The van der Waals surface area contributed by atoms with E-state index in [1.165, 1.54) is 0 Å². The predicted molar refractivity (Wildman–Crippen MR) is 89.3 cm³/mol. The number of halogens is 1. The van der Waals surface area contributed by atoms with Crippen molar-refractivity contribution >= 4 is 28.8 Å². The maximum absolute atomic E-state index is 12.0. The molecule has 1 amide bonds. The number of carbonyl (C=O) groups is 1. The summed E-state index contributed by atoms with van der Waals surface area (Å²) in [5.41, 5.74) is 0.783. The van der Waals surface area contributed by atoms with Crippen LogP contribution in [0.3, 0.4) is 0 Å². The van der Waals surface area contributed by atoms with E-state index in [-0.39, 0.29) is 11.9 Å². The third-order valence-electron chi connectivity index (χ3n) is 3.21. The van der Waals surface area contributed by atoms with E-state index < -0.39 is 0 Å². The number of benzene rings is 1. The topological polar surface area (TPSA) is 68.0 Å². The second-order valence-electron chi connectivity index (χ2n) is 5.01. The summed E-state index contributed by atoms with van der Waals surface area (Å²) < 4.78 is 5.25. The third-order valence-corrected chi connectivity index (χ3v) is 4.34. The predicted octanol–water partition coefficient (Wildman–Crippen LogP) is 3.87. The van der Waals surface area contributed by atoms with Crippen LogP contribution in [-0.2, 0) is 11.2 Å². The largest absolute Gasteiger partial charge is 0.346 e. The zero-order chi connectivity index (χ0) is 16.2. The van der Waals surface area contributed by atoms with Crippen LogP contribution < -0.4 is 5.32 Å². The molecule has 0 radical (unpaired) electrons. The molecule has 118 valence electrons. The summed E-state index contributed by atoms with van der Waals surface area (Å²) in [6.07, 6.45) is 0.351. The van der Waals surface area contributed by atoms with Gasteiger partial charge in [-0.1, -0.05) is 22.8 Å². The Kier molecular flexibility index (Phi) is 4.73. The fourth-order valence-corrected chi connectivity index (χ4v) is 2.88. The molecular weight excluding hydrogens is 334 g/mol. The Balaban J connectivity index is 1.65. The van der Waals surface area contributed by atoms with Crippen LogP contribution in [0.25, 0.3) is 11.5 Å². The fourth-order valence-electron chi connectivity index (χ4n) is 2.05. The van der Waals surface area contributed by atoms with Crippen LogP contribution in [0.2, 0.25) is 5.02 Å². The van der Waals surface area contributed by atoms with Crippen molar-refractivity contribution in [2.75, 3.05) is 0 Å². The fraction of sp³-hybridized carbons (Fsp3) is 0.188. The maximum Gasteiger partial charge on any atom is 0.257 e. The zero-order valence-electron chi connectivity index (χ0n) is 12.3. The lowest BCUT2D eigenvalue weighted by Crippen LogP contribution is -2.28. The van der Waals surface area contributed by atoms with Crippen molar-refractivity contribution in [3.63, 3.8) is 0 Å². The van der Waals surface area contributed by atoms with Gasteiger partial charge in [0, 0.05) is 15.5 Å². The summed E-state index contributed by atoms with van der Waals surface area (Å²) in [5, 5.41) is 9.39. The number of hydrogen-bond acceptors (Lipinski definition) is 5. The minimum atomic E-state index is -0.327. The summed E-state index contributed by atoms with van der Waals surface area (Å²) in [4.78, 5) is 17.3. The van der Waals surface area contributed by atoms with Crippen LogP contribution in [0, 0.1) is 0 Å². The smallest absolute Gasteiger partial charge is 0.257 e. The van der Waals surface area contributed by atoms with E-state index in [9.17, 15) is 4.79 Å². The number of nitrogens with zero attached hydrogens (tertiary/aromatic N) is 2. The number of thiophene rings is 1. The summed E-state index contributed by atoms with van der Waals surface area (Å²) in [6.45, 7) is 1.82. The van der Waals surface area contributed by atoms with Gasteiger partial charge in [0.1, 0.15) is 0 Å². The molecule has 23 heavy (non-hydrogen) atoms. The molecule has 1 N–H and O–H groups in total. The number of carbonyl (C=O) groups excluding carboxylic acids is 1. The molecule has 0 aliphatic heterocycles. The molecule has 2 heterocycles. The van der Waals surface area contributed by atoms with Gasteiger partial charge in [0.25, 0.3) is 5.89 Å². The molecule has 0 spiro atoms. The van der Waals surface area contributed by atoms with Crippen molar-refractivity contribution in [1.29, 1.82) is 0 Å². The normalized spacial score (nSPS) is 12.1. The lowest BCUT2D eigenvalue weighted by atomic mass is 10.2. The highest BCUT2D eigenvalue weighted by Crippen LogP contribution is 2.21. The summed E-state index contributed by atoms with van der Waals surface area (Å²) in [6, 6.07) is 10.7. The lowest BCUT2D eigenvalue weighted by molar-refractivity contribution is -0.121. The van der Waals surface area contributed by atoms with E-state index in [1.807, 2.05) is 24.4 Å². The van der Waals surface area contributed by atoms with Crippen molar-refractivity contribution < 1.29 is 9.32 Å². The third kappa shape index (κ3) is 3.97. The van der Waals surface area contributed by atoms with Gasteiger partial charge in [-0.05, 0) is 42.6 Å². The molecule has 1 atom stereocenters. The van der Waals surface area contributed by atoms with Crippen LogP contribution in [0.4, 0.5) is 0 Å². The Morgan fingerprint density at radius 3 is 2.83 bits per heavy atom. The van der Waals surface area contributed by atoms with Crippen molar-refractivity contribution in [2.45, 2.75) is 19.4 Å². The Morgan fingerprint density at radius 1 is 1.35 bits per heavy atom. The van der Waals surface area contributed by atoms with Gasteiger partial charge in [-0.2, -0.15) is 4.98 Å². The van der Waals surface area contributed by atoms with Crippen LogP contribution in [-0.4, -0.2) is 16.0 Å². The highest BCUT2D eigenvalue weighted by molar-refractivity contribution is 7.10. The Morgan fingerprint density at radius 2 is 2.13 bits per heavy atom. The molecule has 1 unspecified atom stereocenters. The van der Waals surface area contributed by atoms with Gasteiger partial charge in [0.2, 0.25) is 5.91 Å². The van der Waals surface area contributed by atoms with E-state index in [0.29, 0.717) is 23.2 Å². The molecule has 3 rings (SSSR count). The quantitative estimate of drug-likeness (QED) is 0.760. The molecule has 3 aromatic rings. The first-order chi connectivity index (χ1) is 11.1. The Labute approximate surface area is 142 Å². The number of aromatic nitrogens is 2. The molecule has 0 bridgehead atoms. The van der Waals surface area contributed by atoms with E-state index in [0.717, 1.165) is 10.4 Å².